The number of aryl methyl sites for hydroxylation is 1. The number of carbonyl (C=O) groups excluding carboxylic acids is 1. The van der Waals surface area contributed by atoms with E-state index in [9.17, 15) is 9.18 Å². The molecule has 2 atom stereocenters. The first-order chi connectivity index (χ1) is 13.5. The molecule has 4 rings (SSSR count). The summed E-state index contributed by atoms with van der Waals surface area (Å²) >= 11 is 1.31. The van der Waals surface area contributed by atoms with Crippen LogP contribution in [0.4, 0.5) is 10.1 Å². The van der Waals surface area contributed by atoms with Gasteiger partial charge in [0, 0.05) is 11.8 Å². The van der Waals surface area contributed by atoms with Crippen molar-refractivity contribution in [1.82, 2.24) is 14.9 Å². The summed E-state index contributed by atoms with van der Waals surface area (Å²) in [6, 6.07) is 12.9. The molecule has 9 heteroatoms. The normalized spacial score (nSPS) is 18.1. The standard InChI is InChI=1S/C19H18FN5O2S/c1-11-22-23-19-25(11)24-16(12-6-8-13(20)9-7-12)17(28-19)18(26)21-14-4-3-5-15(10-14)27-2/h3-10,16-17,24H,1-2H3,(H,21,26)/t16-,17+/m0/s1. The number of rotatable bonds is 4. The number of nitrogens with zero attached hydrogens (tertiary/aromatic N) is 3. The van der Waals surface area contributed by atoms with Crippen LogP contribution in [0.3, 0.4) is 0 Å². The Bertz CT molecular complexity index is 1010. The molecule has 1 aliphatic rings. The summed E-state index contributed by atoms with van der Waals surface area (Å²) in [6.45, 7) is 1.82. The summed E-state index contributed by atoms with van der Waals surface area (Å²) in [6.07, 6.45) is 0. The maximum atomic E-state index is 13.4. The van der Waals surface area contributed by atoms with E-state index in [0.29, 0.717) is 22.4 Å². The fourth-order valence-corrected chi connectivity index (χ4v) is 4.12. The number of hydrogen-bond donors (Lipinski definition) is 2. The second-order valence-corrected chi connectivity index (χ2v) is 7.39. The van der Waals surface area contributed by atoms with Gasteiger partial charge in [-0.05, 0) is 36.8 Å². The lowest BCUT2D eigenvalue weighted by atomic mass is 10.0. The van der Waals surface area contributed by atoms with E-state index >= 15 is 0 Å². The van der Waals surface area contributed by atoms with Crippen LogP contribution in [0, 0.1) is 12.7 Å². The summed E-state index contributed by atoms with van der Waals surface area (Å²) in [5.41, 5.74) is 4.70. The quantitative estimate of drug-likeness (QED) is 0.702. The number of carbonyl (C=O) groups is 1. The Balaban J connectivity index is 1.65. The van der Waals surface area contributed by atoms with Crippen LogP contribution in [0.15, 0.2) is 53.7 Å². The van der Waals surface area contributed by atoms with Gasteiger partial charge in [-0.1, -0.05) is 30.0 Å². The third-order valence-corrected chi connectivity index (χ3v) is 5.64. The van der Waals surface area contributed by atoms with Gasteiger partial charge in [0.25, 0.3) is 0 Å². The maximum Gasteiger partial charge on any atom is 0.240 e. The highest BCUT2D eigenvalue weighted by Gasteiger charge is 2.37. The molecule has 0 fully saturated rings. The molecule has 2 aromatic carbocycles. The first kappa shape index (κ1) is 18.3. The highest BCUT2D eigenvalue weighted by Crippen LogP contribution is 2.37. The zero-order valence-electron chi connectivity index (χ0n) is 15.2. The molecule has 0 bridgehead atoms. The van der Waals surface area contributed by atoms with Gasteiger partial charge in [-0.25, -0.2) is 9.07 Å². The van der Waals surface area contributed by atoms with Gasteiger partial charge in [-0.15, -0.1) is 10.2 Å². The molecule has 0 aliphatic carbocycles. The summed E-state index contributed by atoms with van der Waals surface area (Å²) in [5, 5.41) is 11.2. The van der Waals surface area contributed by atoms with Crippen molar-refractivity contribution in [1.29, 1.82) is 0 Å². The Hall–Kier alpha value is -3.07. The van der Waals surface area contributed by atoms with Crippen molar-refractivity contribution < 1.29 is 13.9 Å². The first-order valence-corrected chi connectivity index (χ1v) is 9.49. The van der Waals surface area contributed by atoms with E-state index in [1.54, 1.807) is 48.2 Å². The van der Waals surface area contributed by atoms with Crippen LogP contribution in [0.5, 0.6) is 5.75 Å². The molecule has 2 heterocycles. The van der Waals surface area contributed by atoms with E-state index in [0.717, 1.165) is 5.56 Å². The Morgan fingerprint density at radius 3 is 2.79 bits per heavy atom. The Labute approximate surface area is 165 Å². The van der Waals surface area contributed by atoms with Gasteiger partial charge in [-0.2, -0.15) is 0 Å². The van der Waals surface area contributed by atoms with Gasteiger partial charge >= 0.3 is 0 Å². The molecule has 3 aromatic rings. The molecule has 0 saturated heterocycles. The molecule has 144 valence electrons. The Kier molecular flexibility index (Phi) is 4.91. The van der Waals surface area contributed by atoms with Crippen molar-refractivity contribution in [3.8, 4) is 5.75 Å². The Morgan fingerprint density at radius 1 is 1.25 bits per heavy atom. The van der Waals surface area contributed by atoms with Gasteiger partial charge in [0.15, 0.2) is 0 Å². The molecule has 28 heavy (non-hydrogen) atoms. The van der Waals surface area contributed by atoms with E-state index in [2.05, 4.69) is 20.9 Å². The largest absolute Gasteiger partial charge is 0.497 e. The number of thioether (sulfide) groups is 1. The summed E-state index contributed by atoms with van der Waals surface area (Å²) < 4.78 is 20.3. The van der Waals surface area contributed by atoms with Crippen molar-refractivity contribution in [2.75, 3.05) is 17.9 Å². The van der Waals surface area contributed by atoms with Gasteiger partial charge in [-0.3, -0.25) is 4.79 Å². The number of halogens is 1. The number of nitrogens with one attached hydrogen (secondary N) is 2. The Morgan fingerprint density at radius 2 is 2.04 bits per heavy atom. The lowest BCUT2D eigenvalue weighted by Gasteiger charge is -2.32. The fourth-order valence-electron chi connectivity index (χ4n) is 2.99. The number of aromatic nitrogens is 3. The predicted molar refractivity (Wildman–Crippen MR) is 105 cm³/mol. The fraction of sp³-hybridized carbons (Fsp3) is 0.211. The van der Waals surface area contributed by atoms with Gasteiger partial charge in [0.05, 0.1) is 13.2 Å². The number of fused-ring (bicyclic) bond motifs is 1. The molecule has 2 N–H and O–H groups in total. The minimum absolute atomic E-state index is 0.202. The average molecular weight is 399 g/mol. The smallest absolute Gasteiger partial charge is 0.240 e. The zero-order chi connectivity index (χ0) is 19.7. The molecule has 0 saturated carbocycles. The highest BCUT2D eigenvalue weighted by atomic mass is 32.2. The van der Waals surface area contributed by atoms with E-state index in [1.807, 2.05) is 6.92 Å². The molecule has 7 nitrogen and oxygen atoms in total. The highest BCUT2D eigenvalue weighted by molar-refractivity contribution is 8.00. The third-order valence-electron chi connectivity index (χ3n) is 4.42. The third kappa shape index (κ3) is 3.53. The van der Waals surface area contributed by atoms with Crippen LogP contribution in [-0.4, -0.2) is 33.1 Å². The topological polar surface area (TPSA) is 81.1 Å². The lowest BCUT2D eigenvalue weighted by molar-refractivity contribution is -0.116. The number of anilines is 1. The number of ether oxygens (including phenoxy) is 1. The maximum absolute atomic E-state index is 13.4. The number of benzene rings is 2. The number of methoxy groups -OCH3 is 1. The zero-order valence-corrected chi connectivity index (χ0v) is 16.0. The van der Waals surface area contributed by atoms with Gasteiger partial charge in [0.1, 0.15) is 22.6 Å². The van der Waals surface area contributed by atoms with Crippen LogP contribution >= 0.6 is 11.8 Å². The molecule has 0 unspecified atom stereocenters. The molecule has 0 radical (unpaired) electrons. The van der Waals surface area contributed by atoms with Crippen LogP contribution in [0.25, 0.3) is 0 Å². The SMILES string of the molecule is COc1cccc(NC(=O)[C@@H]2Sc3nnc(C)n3N[C@H]2c2ccc(F)cc2)c1. The summed E-state index contributed by atoms with van der Waals surface area (Å²) in [7, 11) is 1.57. The lowest BCUT2D eigenvalue weighted by Crippen LogP contribution is -2.41. The van der Waals surface area contributed by atoms with Gasteiger partial charge < -0.3 is 15.5 Å². The van der Waals surface area contributed by atoms with Crippen LogP contribution < -0.4 is 15.5 Å². The van der Waals surface area contributed by atoms with Crippen molar-refractivity contribution in [3.05, 3.63) is 65.7 Å². The number of amides is 1. The van der Waals surface area contributed by atoms with Crippen LogP contribution in [-0.2, 0) is 4.79 Å². The van der Waals surface area contributed by atoms with E-state index < -0.39 is 11.3 Å². The van der Waals surface area contributed by atoms with Crippen LogP contribution in [0.2, 0.25) is 0 Å². The van der Waals surface area contributed by atoms with E-state index in [-0.39, 0.29) is 11.7 Å². The summed E-state index contributed by atoms with van der Waals surface area (Å²) in [5.74, 6) is 0.802. The van der Waals surface area contributed by atoms with E-state index in [1.165, 1.54) is 23.9 Å². The monoisotopic (exact) mass is 399 g/mol. The molecule has 1 amide bonds. The predicted octanol–water partition coefficient (Wildman–Crippen LogP) is 3.13. The minimum Gasteiger partial charge on any atom is -0.497 e. The molecule has 0 spiro atoms. The van der Waals surface area contributed by atoms with Crippen molar-refractivity contribution in [2.45, 2.75) is 23.4 Å². The minimum atomic E-state index is -0.534. The number of hydrogen-bond acceptors (Lipinski definition) is 6. The average Bonchev–Trinajstić information content (AvgIpc) is 3.08. The van der Waals surface area contributed by atoms with Crippen molar-refractivity contribution >= 4 is 23.4 Å². The second-order valence-electron chi connectivity index (χ2n) is 6.28. The molecular weight excluding hydrogens is 381 g/mol. The molecule has 1 aromatic heterocycles. The van der Waals surface area contributed by atoms with Crippen LogP contribution in [0.1, 0.15) is 17.4 Å². The first-order valence-electron chi connectivity index (χ1n) is 8.61. The van der Waals surface area contributed by atoms with Crippen molar-refractivity contribution in [3.63, 3.8) is 0 Å². The molecule has 1 aliphatic heterocycles. The second kappa shape index (κ2) is 7.51. The van der Waals surface area contributed by atoms with Crippen molar-refractivity contribution in [2.24, 2.45) is 0 Å². The molecular formula is C19H18FN5O2S. The van der Waals surface area contributed by atoms with Gasteiger partial charge in [0.2, 0.25) is 11.1 Å². The summed E-state index contributed by atoms with van der Waals surface area (Å²) in [4.78, 5) is 13.1. The van der Waals surface area contributed by atoms with E-state index in [4.69, 9.17) is 4.74 Å².